The van der Waals surface area contributed by atoms with Gasteiger partial charge in [-0.05, 0) is 13.0 Å². The largest absolute Gasteiger partial charge is 0.497 e. The van der Waals surface area contributed by atoms with Crippen molar-refractivity contribution in [2.24, 2.45) is 0 Å². The molecule has 7 nitrogen and oxygen atoms in total. The van der Waals surface area contributed by atoms with Gasteiger partial charge in [0.15, 0.2) is 0 Å². The van der Waals surface area contributed by atoms with Gasteiger partial charge < -0.3 is 15.2 Å². The smallest absolute Gasteiger partial charge is 0.259 e. The van der Waals surface area contributed by atoms with Crippen molar-refractivity contribution in [3.05, 3.63) is 22.7 Å². The van der Waals surface area contributed by atoms with Crippen LogP contribution in [-0.2, 0) is 0 Å². The Bertz CT molecular complexity index is 642. The van der Waals surface area contributed by atoms with Crippen molar-refractivity contribution in [3.63, 3.8) is 0 Å². The quantitative estimate of drug-likeness (QED) is 0.833. The molecule has 0 atom stereocenters. The lowest BCUT2D eigenvalue weighted by atomic mass is 10.1. The Morgan fingerprint density at radius 3 is 2.60 bits per heavy atom. The summed E-state index contributed by atoms with van der Waals surface area (Å²) in [7, 11) is 2.97. The maximum atomic E-state index is 12.2. The third kappa shape index (κ3) is 2.80. The highest BCUT2D eigenvalue weighted by atomic mass is 32.1. The number of aromatic nitrogens is 2. The highest BCUT2D eigenvalue weighted by Gasteiger charge is 2.17. The van der Waals surface area contributed by atoms with E-state index in [1.54, 1.807) is 19.1 Å². The van der Waals surface area contributed by atoms with Crippen LogP contribution >= 0.6 is 11.3 Å². The average Bonchev–Trinajstić information content (AvgIpc) is 2.84. The maximum Gasteiger partial charge on any atom is 0.259 e. The number of nitrogens with two attached hydrogens (primary N) is 1. The molecule has 1 aromatic carbocycles. The van der Waals surface area contributed by atoms with Crippen LogP contribution < -0.4 is 20.5 Å². The van der Waals surface area contributed by atoms with Crippen LogP contribution in [0, 0.1) is 6.92 Å². The van der Waals surface area contributed by atoms with Gasteiger partial charge in [0, 0.05) is 6.07 Å². The van der Waals surface area contributed by atoms with Crippen LogP contribution in [0.15, 0.2) is 12.1 Å². The highest BCUT2D eigenvalue weighted by molar-refractivity contribution is 7.15. The molecule has 2 aromatic rings. The number of nitrogen functional groups attached to an aromatic ring is 1. The van der Waals surface area contributed by atoms with E-state index in [2.05, 4.69) is 15.5 Å². The van der Waals surface area contributed by atoms with Gasteiger partial charge in [-0.15, -0.1) is 10.2 Å². The minimum atomic E-state index is -0.393. The minimum Gasteiger partial charge on any atom is -0.497 e. The zero-order chi connectivity index (χ0) is 14.7. The number of amides is 1. The number of nitrogens with zero attached hydrogens (tertiary/aromatic N) is 2. The molecule has 0 radical (unpaired) electrons. The van der Waals surface area contributed by atoms with Crippen molar-refractivity contribution in [1.82, 2.24) is 10.2 Å². The molecule has 8 heteroatoms. The number of benzene rings is 1. The maximum absolute atomic E-state index is 12.2. The second-order valence-electron chi connectivity index (χ2n) is 3.87. The molecule has 0 saturated heterocycles. The van der Waals surface area contributed by atoms with E-state index in [0.29, 0.717) is 16.6 Å². The summed E-state index contributed by atoms with van der Waals surface area (Å²) in [4.78, 5) is 12.2. The number of carbonyl (C=O) groups excluding carboxylic acids is 1. The molecule has 0 aliphatic carbocycles. The standard InChI is InChI=1S/C12H14N4O3S/c1-6-15-16-12(20-6)14-11(17)8-4-7(18-2)5-9(19-3)10(8)13/h4-5H,13H2,1-3H3,(H,14,16,17). The second kappa shape index (κ2) is 5.74. The van der Waals surface area contributed by atoms with E-state index in [1.807, 2.05) is 0 Å². The molecule has 0 unspecified atom stereocenters. The summed E-state index contributed by atoms with van der Waals surface area (Å²) in [6, 6.07) is 3.16. The van der Waals surface area contributed by atoms with Crippen LogP contribution in [0.2, 0.25) is 0 Å². The molecule has 106 valence electrons. The van der Waals surface area contributed by atoms with E-state index in [4.69, 9.17) is 15.2 Å². The number of aryl methyl sites for hydroxylation is 1. The van der Waals surface area contributed by atoms with Crippen molar-refractivity contribution in [2.45, 2.75) is 6.92 Å². The molecule has 0 aliphatic rings. The van der Waals surface area contributed by atoms with E-state index in [9.17, 15) is 4.79 Å². The van der Waals surface area contributed by atoms with Gasteiger partial charge in [-0.1, -0.05) is 11.3 Å². The zero-order valence-electron chi connectivity index (χ0n) is 11.3. The minimum absolute atomic E-state index is 0.243. The topological polar surface area (TPSA) is 99.4 Å². The number of hydrogen-bond donors (Lipinski definition) is 2. The number of hydrogen-bond acceptors (Lipinski definition) is 7. The van der Waals surface area contributed by atoms with Crippen LogP contribution in [0.5, 0.6) is 11.5 Å². The summed E-state index contributed by atoms with van der Waals surface area (Å²) >= 11 is 1.28. The van der Waals surface area contributed by atoms with E-state index in [1.165, 1.54) is 25.6 Å². The monoisotopic (exact) mass is 294 g/mol. The Balaban J connectivity index is 2.33. The van der Waals surface area contributed by atoms with Crippen LogP contribution in [0.3, 0.4) is 0 Å². The summed E-state index contributed by atoms with van der Waals surface area (Å²) < 4.78 is 10.2. The van der Waals surface area contributed by atoms with Gasteiger partial charge in [-0.2, -0.15) is 0 Å². The van der Waals surface area contributed by atoms with Gasteiger partial charge in [-0.3, -0.25) is 10.1 Å². The Labute approximate surface area is 119 Å². The number of carbonyl (C=O) groups is 1. The zero-order valence-corrected chi connectivity index (χ0v) is 12.1. The van der Waals surface area contributed by atoms with E-state index >= 15 is 0 Å². The molecule has 0 saturated carbocycles. The van der Waals surface area contributed by atoms with Crippen molar-refractivity contribution >= 4 is 28.1 Å². The van der Waals surface area contributed by atoms with Crippen molar-refractivity contribution < 1.29 is 14.3 Å². The third-order valence-electron chi connectivity index (χ3n) is 2.56. The second-order valence-corrected chi connectivity index (χ2v) is 5.05. The van der Waals surface area contributed by atoms with Crippen molar-refractivity contribution in [3.8, 4) is 11.5 Å². The summed E-state index contributed by atoms with van der Waals surface area (Å²) in [5, 5.41) is 11.5. The molecular weight excluding hydrogens is 280 g/mol. The third-order valence-corrected chi connectivity index (χ3v) is 3.32. The first-order valence-corrected chi connectivity index (χ1v) is 6.49. The number of anilines is 2. The van der Waals surface area contributed by atoms with Crippen LogP contribution in [0.1, 0.15) is 15.4 Å². The highest BCUT2D eigenvalue weighted by Crippen LogP contribution is 2.31. The van der Waals surface area contributed by atoms with Crippen molar-refractivity contribution in [2.75, 3.05) is 25.3 Å². The molecule has 1 aromatic heterocycles. The van der Waals surface area contributed by atoms with Crippen LogP contribution in [0.4, 0.5) is 10.8 Å². The fraction of sp³-hybridized carbons (Fsp3) is 0.250. The van der Waals surface area contributed by atoms with E-state index in [0.717, 1.165) is 5.01 Å². The average molecular weight is 294 g/mol. The first kappa shape index (κ1) is 14.1. The number of rotatable bonds is 4. The molecule has 1 heterocycles. The lowest BCUT2D eigenvalue weighted by Crippen LogP contribution is -2.14. The van der Waals surface area contributed by atoms with E-state index < -0.39 is 5.91 Å². The molecule has 2 rings (SSSR count). The fourth-order valence-corrected chi connectivity index (χ4v) is 2.17. The molecule has 3 N–H and O–H groups in total. The SMILES string of the molecule is COc1cc(OC)c(N)c(C(=O)Nc2nnc(C)s2)c1. The lowest BCUT2D eigenvalue weighted by Gasteiger charge is -2.11. The van der Waals surface area contributed by atoms with Crippen LogP contribution in [0.25, 0.3) is 0 Å². The predicted octanol–water partition coefficient (Wildman–Crippen LogP) is 1.70. The lowest BCUT2D eigenvalue weighted by molar-refractivity contribution is 0.102. The number of methoxy groups -OCH3 is 2. The Hall–Kier alpha value is -2.35. The molecule has 0 bridgehead atoms. The van der Waals surface area contributed by atoms with Crippen LogP contribution in [-0.4, -0.2) is 30.3 Å². The molecule has 0 fully saturated rings. The number of ether oxygens (including phenoxy) is 2. The molecule has 0 aliphatic heterocycles. The first-order valence-electron chi connectivity index (χ1n) is 5.68. The Morgan fingerprint density at radius 1 is 1.30 bits per heavy atom. The summed E-state index contributed by atoms with van der Waals surface area (Å²) in [5.41, 5.74) is 6.40. The molecule has 1 amide bonds. The van der Waals surface area contributed by atoms with Crippen molar-refractivity contribution in [1.29, 1.82) is 0 Å². The Morgan fingerprint density at radius 2 is 2.05 bits per heavy atom. The summed E-state index contributed by atoms with van der Waals surface area (Å²) in [6.45, 7) is 1.80. The van der Waals surface area contributed by atoms with Gasteiger partial charge in [0.2, 0.25) is 5.13 Å². The van der Waals surface area contributed by atoms with Gasteiger partial charge in [0.25, 0.3) is 5.91 Å². The van der Waals surface area contributed by atoms with Gasteiger partial charge in [0.1, 0.15) is 16.5 Å². The summed E-state index contributed by atoms with van der Waals surface area (Å²) in [5.74, 6) is 0.466. The molecule has 0 spiro atoms. The normalized spacial score (nSPS) is 10.2. The van der Waals surface area contributed by atoms with Gasteiger partial charge >= 0.3 is 0 Å². The number of nitrogens with one attached hydrogen (secondary N) is 1. The van der Waals surface area contributed by atoms with Gasteiger partial charge in [0.05, 0.1) is 25.5 Å². The fourth-order valence-electron chi connectivity index (χ4n) is 1.59. The Kier molecular flexibility index (Phi) is 4.04. The molecular formula is C12H14N4O3S. The first-order chi connectivity index (χ1) is 9.55. The molecule has 20 heavy (non-hydrogen) atoms. The summed E-state index contributed by atoms with van der Waals surface area (Å²) in [6.07, 6.45) is 0. The van der Waals surface area contributed by atoms with E-state index in [-0.39, 0.29) is 11.3 Å². The van der Waals surface area contributed by atoms with Gasteiger partial charge in [-0.25, -0.2) is 0 Å². The predicted molar refractivity (Wildman–Crippen MR) is 76.6 cm³/mol.